The number of para-hydroxylation sites is 1. The van der Waals surface area contributed by atoms with Crippen LogP contribution < -0.4 is 10.6 Å². The average molecular weight is 486 g/mol. The van der Waals surface area contributed by atoms with Crippen molar-refractivity contribution in [2.45, 2.75) is 32.0 Å². The molecule has 0 bridgehead atoms. The molecule has 4 heterocycles. The minimum Gasteiger partial charge on any atom is -0.467 e. The number of benzene rings is 1. The van der Waals surface area contributed by atoms with E-state index in [1.807, 2.05) is 73.8 Å². The summed E-state index contributed by atoms with van der Waals surface area (Å²) in [5.74, 6) is 0.822. The SMILES string of the molecule is Cc1ccccc1NC(=O)CCN1C(=S)N[C@@H](c2ccccn2)[C@H]1c1cccn1Cc1ccco1. The van der Waals surface area contributed by atoms with Gasteiger partial charge in [0.25, 0.3) is 0 Å². The van der Waals surface area contributed by atoms with Gasteiger partial charge in [-0.1, -0.05) is 24.3 Å². The number of carbonyl (C=O) groups excluding carboxylic acids is 1. The maximum atomic E-state index is 12.8. The van der Waals surface area contributed by atoms with E-state index in [2.05, 4.69) is 31.2 Å². The van der Waals surface area contributed by atoms with E-state index < -0.39 is 0 Å². The lowest BCUT2D eigenvalue weighted by Crippen LogP contribution is -2.33. The number of amides is 1. The van der Waals surface area contributed by atoms with E-state index >= 15 is 0 Å². The maximum Gasteiger partial charge on any atom is 0.226 e. The quantitative estimate of drug-likeness (QED) is 0.348. The number of rotatable bonds is 8. The molecule has 0 unspecified atom stereocenters. The molecule has 0 saturated carbocycles. The minimum absolute atomic E-state index is 0.0481. The highest BCUT2D eigenvalue weighted by Gasteiger charge is 2.41. The van der Waals surface area contributed by atoms with Crippen molar-refractivity contribution in [3.05, 3.63) is 108 Å². The van der Waals surface area contributed by atoms with Gasteiger partial charge in [0.05, 0.1) is 30.6 Å². The molecular weight excluding hydrogens is 458 g/mol. The Kier molecular flexibility index (Phi) is 6.63. The number of nitrogens with zero attached hydrogens (tertiary/aromatic N) is 3. The van der Waals surface area contributed by atoms with Gasteiger partial charge >= 0.3 is 0 Å². The number of carbonyl (C=O) groups is 1. The Labute approximate surface area is 209 Å². The Bertz CT molecular complexity index is 1300. The summed E-state index contributed by atoms with van der Waals surface area (Å²) >= 11 is 5.76. The summed E-state index contributed by atoms with van der Waals surface area (Å²) in [6, 6.07) is 21.4. The van der Waals surface area contributed by atoms with E-state index in [-0.39, 0.29) is 18.0 Å². The van der Waals surface area contributed by atoms with Gasteiger partial charge < -0.3 is 24.5 Å². The van der Waals surface area contributed by atoms with Gasteiger partial charge in [-0.05, 0) is 67.2 Å². The number of anilines is 1. The molecule has 35 heavy (non-hydrogen) atoms. The zero-order chi connectivity index (χ0) is 24.2. The predicted octanol–water partition coefficient (Wildman–Crippen LogP) is 4.83. The highest BCUT2D eigenvalue weighted by Crippen LogP contribution is 2.39. The second kappa shape index (κ2) is 10.1. The number of hydrogen-bond acceptors (Lipinski definition) is 4. The normalized spacial score (nSPS) is 17.4. The summed E-state index contributed by atoms with van der Waals surface area (Å²) in [4.78, 5) is 19.5. The molecule has 0 aliphatic carbocycles. The summed E-state index contributed by atoms with van der Waals surface area (Å²) in [6.45, 7) is 3.06. The van der Waals surface area contributed by atoms with Gasteiger partial charge in [-0.15, -0.1) is 0 Å². The number of furan rings is 1. The van der Waals surface area contributed by atoms with Gasteiger partial charge in [-0.25, -0.2) is 0 Å². The number of nitrogens with one attached hydrogen (secondary N) is 2. The number of thiocarbonyl (C=S) groups is 1. The van der Waals surface area contributed by atoms with Crippen molar-refractivity contribution in [3.8, 4) is 0 Å². The van der Waals surface area contributed by atoms with Crippen LogP contribution in [-0.4, -0.2) is 32.0 Å². The molecule has 2 atom stereocenters. The minimum atomic E-state index is -0.145. The molecule has 2 N–H and O–H groups in total. The topological polar surface area (TPSA) is 75.3 Å². The third-order valence-corrected chi connectivity index (χ3v) is 6.62. The first-order valence-corrected chi connectivity index (χ1v) is 12.0. The van der Waals surface area contributed by atoms with Crippen LogP contribution in [0.15, 0.2) is 89.8 Å². The van der Waals surface area contributed by atoms with E-state index in [0.29, 0.717) is 24.6 Å². The average Bonchev–Trinajstić information content (AvgIpc) is 3.61. The largest absolute Gasteiger partial charge is 0.467 e. The molecule has 0 spiro atoms. The Hall–Kier alpha value is -3.91. The van der Waals surface area contributed by atoms with E-state index in [0.717, 1.165) is 28.4 Å². The van der Waals surface area contributed by atoms with Crippen LogP contribution in [0.2, 0.25) is 0 Å². The molecule has 8 heteroatoms. The van der Waals surface area contributed by atoms with Crippen molar-refractivity contribution >= 4 is 28.9 Å². The van der Waals surface area contributed by atoms with Crippen molar-refractivity contribution in [1.29, 1.82) is 0 Å². The van der Waals surface area contributed by atoms with E-state index in [1.165, 1.54) is 0 Å². The summed E-state index contributed by atoms with van der Waals surface area (Å²) in [5.41, 5.74) is 3.83. The molecule has 1 aliphatic rings. The highest BCUT2D eigenvalue weighted by atomic mass is 32.1. The molecular formula is C27H27N5O2S. The first-order chi connectivity index (χ1) is 17.1. The van der Waals surface area contributed by atoms with Crippen LogP contribution in [0, 0.1) is 6.92 Å². The lowest BCUT2D eigenvalue weighted by atomic mass is 10.0. The van der Waals surface area contributed by atoms with Crippen LogP contribution in [0.3, 0.4) is 0 Å². The molecule has 0 radical (unpaired) electrons. The van der Waals surface area contributed by atoms with Gasteiger partial charge in [0, 0.05) is 36.7 Å². The lowest BCUT2D eigenvalue weighted by Gasteiger charge is -2.28. The van der Waals surface area contributed by atoms with Crippen molar-refractivity contribution < 1.29 is 9.21 Å². The zero-order valence-corrected chi connectivity index (χ0v) is 20.2. The maximum absolute atomic E-state index is 12.8. The van der Waals surface area contributed by atoms with E-state index in [4.69, 9.17) is 16.6 Å². The molecule has 1 aromatic carbocycles. The van der Waals surface area contributed by atoms with E-state index in [1.54, 1.807) is 12.5 Å². The molecule has 1 aliphatic heterocycles. The number of aromatic nitrogens is 2. The van der Waals surface area contributed by atoms with Crippen molar-refractivity contribution in [3.63, 3.8) is 0 Å². The Morgan fingerprint density at radius 1 is 1.11 bits per heavy atom. The first-order valence-electron chi connectivity index (χ1n) is 11.6. The monoisotopic (exact) mass is 485 g/mol. The molecule has 4 aromatic rings. The number of aryl methyl sites for hydroxylation is 1. The Morgan fingerprint density at radius 3 is 2.74 bits per heavy atom. The van der Waals surface area contributed by atoms with E-state index in [9.17, 15) is 4.79 Å². The van der Waals surface area contributed by atoms with Gasteiger partial charge in [0.1, 0.15) is 5.76 Å². The third kappa shape index (κ3) is 4.97. The van der Waals surface area contributed by atoms with Gasteiger partial charge in [-0.2, -0.15) is 0 Å². The van der Waals surface area contributed by atoms with Crippen LogP contribution in [-0.2, 0) is 11.3 Å². The summed E-state index contributed by atoms with van der Waals surface area (Å²) < 4.78 is 7.75. The van der Waals surface area contributed by atoms with Gasteiger partial charge in [-0.3, -0.25) is 9.78 Å². The first kappa shape index (κ1) is 22.9. The second-order valence-electron chi connectivity index (χ2n) is 8.57. The zero-order valence-electron chi connectivity index (χ0n) is 19.4. The third-order valence-electron chi connectivity index (χ3n) is 6.27. The van der Waals surface area contributed by atoms with Crippen LogP contribution in [0.1, 0.15) is 41.2 Å². The fourth-order valence-electron chi connectivity index (χ4n) is 4.53. The molecule has 5 rings (SSSR count). The molecule has 178 valence electrons. The van der Waals surface area contributed by atoms with Crippen LogP contribution in [0.4, 0.5) is 5.69 Å². The molecule has 3 aromatic heterocycles. The highest BCUT2D eigenvalue weighted by molar-refractivity contribution is 7.80. The van der Waals surface area contributed by atoms with Crippen molar-refractivity contribution in [2.24, 2.45) is 0 Å². The summed E-state index contributed by atoms with van der Waals surface area (Å²) in [6.07, 6.45) is 5.82. The molecule has 1 saturated heterocycles. The smallest absolute Gasteiger partial charge is 0.226 e. The fraction of sp³-hybridized carbons (Fsp3) is 0.222. The Balaban J connectivity index is 1.40. The van der Waals surface area contributed by atoms with Crippen molar-refractivity contribution in [2.75, 3.05) is 11.9 Å². The molecule has 1 amide bonds. The summed E-state index contributed by atoms with van der Waals surface area (Å²) in [5, 5.41) is 7.09. The van der Waals surface area contributed by atoms with Crippen molar-refractivity contribution in [1.82, 2.24) is 19.8 Å². The number of pyridine rings is 1. The van der Waals surface area contributed by atoms with Crippen LogP contribution >= 0.6 is 12.2 Å². The van der Waals surface area contributed by atoms with Gasteiger partial charge in [0.15, 0.2) is 5.11 Å². The standard InChI is InChI=1S/C27H27N5O2S/c1-19-8-2-3-10-21(19)29-24(33)13-16-32-26(25(30-27(32)35)22-11-4-5-14-28-22)23-12-6-15-31(23)18-20-9-7-17-34-20/h2-12,14-15,17,25-26H,13,16,18H2,1H3,(H,29,33)(H,30,35)/t25-,26+/m0/s1. The summed E-state index contributed by atoms with van der Waals surface area (Å²) in [7, 11) is 0. The van der Waals surface area contributed by atoms with Crippen LogP contribution in [0.25, 0.3) is 0 Å². The fourth-order valence-corrected chi connectivity index (χ4v) is 4.86. The second-order valence-corrected chi connectivity index (χ2v) is 8.96. The Morgan fingerprint density at radius 2 is 1.97 bits per heavy atom. The predicted molar refractivity (Wildman–Crippen MR) is 139 cm³/mol. The molecule has 7 nitrogen and oxygen atoms in total. The molecule has 1 fully saturated rings. The van der Waals surface area contributed by atoms with Gasteiger partial charge in [0.2, 0.25) is 5.91 Å². The van der Waals surface area contributed by atoms with Crippen LogP contribution in [0.5, 0.6) is 0 Å². The lowest BCUT2D eigenvalue weighted by molar-refractivity contribution is -0.116. The number of hydrogen-bond donors (Lipinski definition) is 2.